The summed E-state index contributed by atoms with van der Waals surface area (Å²) in [6, 6.07) is 5.20. The van der Waals surface area contributed by atoms with Gasteiger partial charge >= 0.3 is 6.09 Å². The molecule has 0 saturated carbocycles. The van der Waals surface area contributed by atoms with Crippen molar-refractivity contribution in [2.75, 3.05) is 0 Å². The first-order chi connectivity index (χ1) is 6.09. The van der Waals surface area contributed by atoms with Crippen LogP contribution in [0.25, 0.3) is 0 Å². The van der Waals surface area contributed by atoms with Crippen molar-refractivity contribution in [3.05, 3.63) is 34.4 Å². The molecule has 0 aliphatic carbocycles. The summed E-state index contributed by atoms with van der Waals surface area (Å²) < 4.78 is 4.44. The van der Waals surface area contributed by atoms with E-state index < -0.39 is 11.0 Å². The van der Waals surface area contributed by atoms with E-state index in [0.717, 1.165) is 6.07 Å². The van der Waals surface area contributed by atoms with E-state index in [1.807, 2.05) is 0 Å². The van der Waals surface area contributed by atoms with Crippen molar-refractivity contribution in [2.45, 2.75) is 0 Å². The fourth-order valence-electron chi connectivity index (χ4n) is 0.777. The number of nitrogens with two attached hydrogens (primary N) is 1. The summed E-state index contributed by atoms with van der Waals surface area (Å²) in [5.41, 5.74) is 4.57. The van der Waals surface area contributed by atoms with E-state index >= 15 is 0 Å². The van der Waals surface area contributed by atoms with Crippen LogP contribution in [-0.4, -0.2) is 11.0 Å². The number of carbonyl (C=O) groups is 1. The summed E-state index contributed by atoms with van der Waals surface area (Å²) in [4.78, 5) is 20.0. The van der Waals surface area contributed by atoms with E-state index in [4.69, 9.17) is 5.73 Å². The molecule has 0 atom stereocenters. The molecule has 68 valence electrons. The van der Waals surface area contributed by atoms with Crippen molar-refractivity contribution in [3.8, 4) is 5.75 Å². The maximum Gasteiger partial charge on any atom is 0.409 e. The Labute approximate surface area is 73.1 Å². The van der Waals surface area contributed by atoms with E-state index in [0.29, 0.717) is 0 Å². The van der Waals surface area contributed by atoms with Crippen LogP contribution in [0.15, 0.2) is 24.3 Å². The highest BCUT2D eigenvalue weighted by molar-refractivity contribution is 5.68. The third kappa shape index (κ3) is 2.44. The van der Waals surface area contributed by atoms with Gasteiger partial charge in [-0.3, -0.25) is 10.1 Å². The van der Waals surface area contributed by atoms with Crippen LogP contribution in [0.1, 0.15) is 0 Å². The quantitative estimate of drug-likeness (QED) is 0.546. The number of non-ortho nitro benzene ring substituents is 1. The lowest BCUT2D eigenvalue weighted by Gasteiger charge is -1.98. The topological polar surface area (TPSA) is 95.5 Å². The number of primary amides is 1. The summed E-state index contributed by atoms with van der Waals surface area (Å²) in [5.74, 6) is 0.0571. The third-order valence-corrected chi connectivity index (χ3v) is 1.25. The zero-order valence-corrected chi connectivity index (χ0v) is 6.47. The summed E-state index contributed by atoms with van der Waals surface area (Å²) in [5, 5.41) is 10.3. The van der Waals surface area contributed by atoms with Crippen molar-refractivity contribution >= 4 is 11.8 Å². The van der Waals surface area contributed by atoms with Gasteiger partial charge in [-0.05, 0) is 6.07 Å². The number of nitrogens with zero attached hydrogens (tertiary/aromatic N) is 1. The second-order valence-electron chi connectivity index (χ2n) is 2.18. The normalized spacial score (nSPS) is 9.23. The molecule has 1 amide bonds. The van der Waals surface area contributed by atoms with Crippen molar-refractivity contribution in [1.82, 2.24) is 0 Å². The van der Waals surface area contributed by atoms with Gasteiger partial charge in [-0.25, -0.2) is 4.79 Å². The van der Waals surface area contributed by atoms with Gasteiger partial charge in [0, 0.05) is 6.07 Å². The Kier molecular flexibility index (Phi) is 2.44. The van der Waals surface area contributed by atoms with Crippen molar-refractivity contribution in [1.29, 1.82) is 0 Å². The second-order valence-corrected chi connectivity index (χ2v) is 2.18. The van der Waals surface area contributed by atoms with Gasteiger partial charge in [-0.15, -0.1) is 0 Å². The molecule has 6 nitrogen and oxygen atoms in total. The average molecular weight is 182 g/mol. The zero-order chi connectivity index (χ0) is 9.84. The molecule has 13 heavy (non-hydrogen) atoms. The molecule has 1 aromatic carbocycles. The van der Waals surface area contributed by atoms with E-state index in [2.05, 4.69) is 4.74 Å². The lowest BCUT2D eigenvalue weighted by Crippen LogP contribution is -2.16. The van der Waals surface area contributed by atoms with Gasteiger partial charge in [0.15, 0.2) is 0 Å². The van der Waals surface area contributed by atoms with Crippen molar-refractivity contribution in [2.24, 2.45) is 5.73 Å². The van der Waals surface area contributed by atoms with Crippen LogP contribution in [0.3, 0.4) is 0 Å². The van der Waals surface area contributed by atoms with Crippen LogP contribution in [0.5, 0.6) is 5.75 Å². The number of hydrogen-bond acceptors (Lipinski definition) is 4. The lowest BCUT2D eigenvalue weighted by atomic mass is 10.3. The molecule has 0 spiro atoms. The summed E-state index contributed by atoms with van der Waals surface area (Å²) >= 11 is 0. The minimum Gasteiger partial charge on any atom is -0.410 e. The van der Waals surface area contributed by atoms with E-state index in [9.17, 15) is 14.9 Å². The molecular formula is C7H6N2O4. The Hall–Kier alpha value is -2.11. The molecule has 2 N–H and O–H groups in total. The van der Waals surface area contributed by atoms with E-state index in [1.165, 1.54) is 18.2 Å². The third-order valence-electron chi connectivity index (χ3n) is 1.25. The average Bonchev–Trinajstić information content (AvgIpc) is 2.03. The van der Waals surface area contributed by atoms with Crippen molar-refractivity contribution < 1.29 is 14.5 Å². The molecule has 1 aromatic rings. The summed E-state index contributed by atoms with van der Waals surface area (Å²) in [6.45, 7) is 0. The van der Waals surface area contributed by atoms with E-state index in [1.54, 1.807) is 0 Å². The molecule has 0 unspecified atom stereocenters. The van der Waals surface area contributed by atoms with Gasteiger partial charge in [0.2, 0.25) is 0 Å². The molecule has 0 aliphatic rings. The van der Waals surface area contributed by atoms with E-state index in [-0.39, 0.29) is 11.4 Å². The number of amides is 1. The molecule has 1 rings (SSSR count). The van der Waals surface area contributed by atoms with Crippen LogP contribution in [0.4, 0.5) is 10.5 Å². The molecule has 0 aliphatic heterocycles. The first-order valence-corrected chi connectivity index (χ1v) is 3.31. The zero-order valence-electron chi connectivity index (χ0n) is 6.47. The number of nitro groups is 1. The standard InChI is InChI=1S/C7H6N2O4/c8-7(10)13-6-3-1-2-5(4-6)9(11)12/h1-4H,(H2,8,10). The fourth-order valence-corrected chi connectivity index (χ4v) is 0.777. The first-order valence-electron chi connectivity index (χ1n) is 3.31. The Morgan fingerprint density at radius 2 is 2.23 bits per heavy atom. The fraction of sp³-hybridized carbons (Fsp3) is 0. The number of ether oxygens (including phenoxy) is 1. The Bertz CT molecular complexity index is 350. The molecule has 6 heteroatoms. The highest BCUT2D eigenvalue weighted by atomic mass is 16.6. The van der Waals surface area contributed by atoms with Crippen LogP contribution < -0.4 is 10.5 Å². The molecule has 0 radical (unpaired) electrons. The van der Waals surface area contributed by atoms with Gasteiger partial charge in [0.05, 0.1) is 11.0 Å². The predicted octanol–water partition coefficient (Wildman–Crippen LogP) is 1.05. The largest absolute Gasteiger partial charge is 0.410 e. The van der Waals surface area contributed by atoms with Crippen LogP contribution in [0.2, 0.25) is 0 Å². The number of rotatable bonds is 2. The van der Waals surface area contributed by atoms with Crippen molar-refractivity contribution in [3.63, 3.8) is 0 Å². The van der Waals surface area contributed by atoms with Crippen LogP contribution >= 0.6 is 0 Å². The molecule has 0 aromatic heterocycles. The molecule has 0 saturated heterocycles. The maximum atomic E-state index is 10.3. The first kappa shape index (κ1) is 8.98. The number of benzene rings is 1. The van der Waals surface area contributed by atoms with Gasteiger partial charge in [-0.1, -0.05) is 6.07 Å². The minimum absolute atomic E-state index is 0.0571. The van der Waals surface area contributed by atoms with Gasteiger partial charge in [0.1, 0.15) is 5.75 Å². The summed E-state index contributed by atoms with van der Waals surface area (Å²) in [7, 11) is 0. The number of hydrogen-bond donors (Lipinski definition) is 1. The summed E-state index contributed by atoms with van der Waals surface area (Å²) in [6.07, 6.45) is -1.000. The smallest absolute Gasteiger partial charge is 0.409 e. The van der Waals surface area contributed by atoms with Crippen LogP contribution in [0, 0.1) is 10.1 Å². The Morgan fingerprint density at radius 1 is 1.54 bits per heavy atom. The molecular weight excluding hydrogens is 176 g/mol. The highest BCUT2D eigenvalue weighted by Gasteiger charge is 2.07. The molecule has 0 fully saturated rings. The number of carbonyl (C=O) groups excluding carboxylic acids is 1. The Morgan fingerprint density at radius 3 is 2.77 bits per heavy atom. The predicted molar refractivity (Wildman–Crippen MR) is 43.3 cm³/mol. The lowest BCUT2D eigenvalue weighted by molar-refractivity contribution is -0.384. The Balaban J connectivity index is 2.91. The van der Waals surface area contributed by atoms with Gasteiger partial charge < -0.3 is 10.5 Å². The minimum atomic E-state index is -1.000. The molecule has 0 bridgehead atoms. The van der Waals surface area contributed by atoms with Crippen LogP contribution in [-0.2, 0) is 0 Å². The van der Waals surface area contributed by atoms with Gasteiger partial charge in [0.25, 0.3) is 5.69 Å². The second kappa shape index (κ2) is 3.53. The number of nitro benzene ring substituents is 1. The van der Waals surface area contributed by atoms with Gasteiger partial charge in [-0.2, -0.15) is 0 Å². The monoisotopic (exact) mass is 182 g/mol. The SMILES string of the molecule is NC(=O)Oc1cccc([N+](=O)[O-])c1. The highest BCUT2D eigenvalue weighted by Crippen LogP contribution is 2.18. The maximum absolute atomic E-state index is 10.3. The molecule has 0 heterocycles.